The minimum absolute atomic E-state index is 0.0248. The number of nitrogens with zero attached hydrogens (tertiary/aromatic N) is 1. The number of fused-ring (bicyclic) bond motifs is 1. The summed E-state index contributed by atoms with van der Waals surface area (Å²) >= 11 is 3.60. The van der Waals surface area contributed by atoms with E-state index in [9.17, 15) is 4.79 Å². The first-order valence-electron chi connectivity index (χ1n) is 7.39. The Bertz CT molecular complexity index is 486. The maximum Gasteiger partial charge on any atom is 0.240 e. The van der Waals surface area contributed by atoms with Crippen molar-refractivity contribution in [1.29, 1.82) is 0 Å². The molecule has 20 heavy (non-hydrogen) atoms. The van der Waals surface area contributed by atoms with Gasteiger partial charge in [0.2, 0.25) is 5.91 Å². The van der Waals surface area contributed by atoms with E-state index in [1.807, 2.05) is 0 Å². The number of aryl methyl sites for hydroxylation is 1. The largest absolute Gasteiger partial charge is 0.341 e. The van der Waals surface area contributed by atoms with Crippen LogP contribution in [0.4, 0.5) is 0 Å². The zero-order valence-electron chi connectivity index (χ0n) is 11.9. The smallest absolute Gasteiger partial charge is 0.240 e. The molecular formula is C15H22N2OS2. The third-order valence-electron chi connectivity index (χ3n) is 4.41. The molecule has 0 radical (unpaired) electrons. The molecule has 3 atom stereocenters. The highest BCUT2D eigenvalue weighted by atomic mass is 32.2. The van der Waals surface area contributed by atoms with Gasteiger partial charge in [-0.1, -0.05) is 0 Å². The predicted octanol–water partition coefficient (Wildman–Crippen LogP) is 2.66. The van der Waals surface area contributed by atoms with Gasteiger partial charge in [0.05, 0.1) is 0 Å². The molecule has 5 heteroatoms. The Balaban J connectivity index is 1.74. The van der Waals surface area contributed by atoms with E-state index in [1.165, 1.54) is 10.4 Å². The second-order valence-corrected chi connectivity index (χ2v) is 8.06. The Kier molecular flexibility index (Phi) is 4.38. The highest BCUT2D eigenvalue weighted by Crippen LogP contribution is 2.41. The molecule has 0 saturated carbocycles. The van der Waals surface area contributed by atoms with E-state index in [0.717, 1.165) is 38.1 Å². The Morgan fingerprint density at radius 1 is 1.55 bits per heavy atom. The molecule has 3 unspecified atom stereocenters. The van der Waals surface area contributed by atoms with Crippen LogP contribution in [0.1, 0.15) is 35.5 Å². The van der Waals surface area contributed by atoms with Gasteiger partial charge in [0.25, 0.3) is 0 Å². The fourth-order valence-electron chi connectivity index (χ4n) is 3.16. The molecule has 1 fully saturated rings. The first kappa shape index (κ1) is 14.4. The Labute approximate surface area is 128 Å². The summed E-state index contributed by atoms with van der Waals surface area (Å²) in [7, 11) is 0. The monoisotopic (exact) mass is 310 g/mol. The molecule has 2 N–H and O–H groups in total. The lowest BCUT2D eigenvalue weighted by atomic mass is 9.92. The maximum atomic E-state index is 12.9. The number of carbonyl (C=O) groups is 1. The van der Waals surface area contributed by atoms with Crippen LogP contribution in [-0.2, 0) is 11.2 Å². The third-order valence-corrected chi connectivity index (χ3v) is 6.64. The van der Waals surface area contributed by atoms with Crippen LogP contribution in [0, 0.1) is 5.92 Å². The Hall–Kier alpha value is -0.520. The molecule has 2 aliphatic heterocycles. The average Bonchev–Trinajstić information content (AvgIpc) is 2.95. The quantitative estimate of drug-likeness (QED) is 0.913. The zero-order valence-corrected chi connectivity index (χ0v) is 13.5. The minimum Gasteiger partial charge on any atom is -0.341 e. The Morgan fingerprint density at radius 2 is 2.40 bits per heavy atom. The molecule has 1 amide bonds. The van der Waals surface area contributed by atoms with Gasteiger partial charge < -0.3 is 10.6 Å². The van der Waals surface area contributed by atoms with Gasteiger partial charge in [0.1, 0.15) is 5.25 Å². The fraction of sp³-hybridized carbons (Fsp3) is 0.667. The minimum atomic E-state index is 0.0248. The summed E-state index contributed by atoms with van der Waals surface area (Å²) in [5, 5.41) is 2.15. The second-order valence-electron chi connectivity index (χ2n) is 5.85. The topological polar surface area (TPSA) is 46.3 Å². The summed E-state index contributed by atoms with van der Waals surface area (Å²) in [5.41, 5.74) is 7.29. The number of nitrogens with two attached hydrogens (primary N) is 1. The van der Waals surface area contributed by atoms with Crippen LogP contribution in [-0.4, -0.2) is 35.7 Å². The maximum absolute atomic E-state index is 12.9. The van der Waals surface area contributed by atoms with Crippen molar-refractivity contribution in [3.05, 3.63) is 21.9 Å². The number of thioether (sulfide) groups is 1. The van der Waals surface area contributed by atoms with Crippen molar-refractivity contribution in [2.45, 2.75) is 37.5 Å². The van der Waals surface area contributed by atoms with Crippen molar-refractivity contribution in [2.75, 3.05) is 18.8 Å². The SMILES string of the molecule is CC(N)C1CCCN(C(=O)C2SCCc3sccc32)C1. The van der Waals surface area contributed by atoms with Gasteiger partial charge in [-0.05, 0) is 54.9 Å². The highest BCUT2D eigenvalue weighted by Gasteiger charge is 2.34. The number of rotatable bonds is 2. The van der Waals surface area contributed by atoms with E-state index < -0.39 is 0 Å². The third kappa shape index (κ3) is 2.76. The predicted molar refractivity (Wildman–Crippen MR) is 86.2 cm³/mol. The Morgan fingerprint density at radius 3 is 3.20 bits per heavy atom. The molecule has 3 nitrogen and oxygen atoms in total. The molecule has 3 heterocycles. The van der Waals surface area contributed by atoms with Gasteiger partial charge in [-0.25, -0.2) is 0 Å². The summed E-state index contributed by atoms with van der Waals surface area (Å²) < 4.78 is 0. The molecule has 0 bridgehead atoms. The molecule has 1 aromatic heterocycles. The first-order valence-corrected chi connectivity index (χ1v) is 9.32. The fourth-order valence-corrected chi connectivity index (χ4v) is 5.53. The molecular weight excluding hydrogens is 288 g/mol. The number of hydrogen-bond donors (Lipinski definition) is 1. The van der Waals surface area contributed by atoms with Crippen molar-refractivity contribution in [1.82, 2.24) is 4.90 Å². The van der Waals surface area contributed by atoms with Gasteiger partial charge in [-0.2, -0.15) is 0 Å². The lowest BCUT2D eigenvalue weighted by molar-refractivity contribution is -0.132. The molecule has 110 valence electrons. The van der Waals surface area contributed by atoms with Crippen LogP contribution in [0.15, 0.2) is 11.4 Å². The van der Waals surface area contributed by atoms with Crippen LogP contribution >= 0.6 is 23.1 Å². The molecule has 0 aromatic carbocycles. The van der Waals surface area contributed by atoms with Crippen LogP contribution in [0.5, 0.6) is 0 Å². The molecule has 2 aliphatic rings. The lowest BCUT2D eigenvalue weighted by Crippen LogP contribution is -2.46. The van der Waals surface area contributed by atoms with E-state index in [4.69, 9.17) is 5.73 Å². The molecule has 3 rings (SSSR count). The normalized spacial score (nSPS) is 28.0. The van der Waals surface area contributed by atoms with Gasteiger partial charge in [-0.15, -0.1) is 23.1 Å². The van der Waals surface area contributed by atoms with Crippen LogP contribution in [0.25, 0.3) is 0 Å². The number of thiophene rings is 1. The van der Waals surface area contributed by atoms with Crippen molar-refractivity contribution in [3.63, 3.8) is 0 Å². The highest BCUT2D eigenvalue weighted by molar-refractivity contribution is 8.00. The van der Waals surface area contributed by atoms with Gasteiger partial charge in [0.15, 0.2) is 0 Å². The molecule has 0 aliphatic carbocycles. The van der Waals surface area contributed by atoms with Crippen molar-refractivity contribution in [3.8, 4) is 0 Å². The summed E-state index contributed by atoms with van der Waals surface area (Å²) in [4.78, 5) is 16.3. The number of likely N-dealkylation sites (tertiary alicyclic amines) is 1. The van der Waals surface area contributed by atoms with Crippen LogP contribution in [0.3, 0.4) is 0 Å². The van der Waals surface area contributed by atoms with E-state index in [1.54, 1.807) is 23.1 Å². The summed E-state index contributed by atoms with van der Waals surface area (Å²) in [6.07, 6.45) is 3.36. The number of amides is 1. The van der Waals surface area contributed by atoms with Crippen LogP contribution in [0.2, 0.25) is 0 Å². The van der Waals surface area contributed by atoms with Crippen LogP contribution < -0.4 is 5.73 Å². The number of hydrogen-bond acceptors (Lipinski definition) is 4. The van der Waals surface area contributed by atoms with Crippen molar-refractivity contribution in [2.24, 2.45) is 11.7 Å². The van der Waals surface area contributed by atoms with Gasteiger partial charge in [-0.3, -0.25) is 4.79 Å². The zero-order chi connectivity index (χ0) is 14.1. The van der Waals surface area contributed by atoms with E-state index in [0.29, 0.717) is 11.8 Å². The molecule has 0 spiro atoms. The summed E-state index contributed by atoms with van der Waals surface area (Å²) in [6.45, 7) is 3.80. The van der Waals surface area contributed by atoms with E-state index in [-0.39, 0.29) is 11.3 Å². The van der Waals surface area contributed by atoms with Gasteiger partial charge >= 0.3 is 0 Å². The number of piperidine rings is 1. The van der Waals surface area contributed by atoms with E-state index in [2.05, 4.69) is 23.3 Å². The summed E-state index contributed by atoms with van der Waals surface area (Å²) in [6, 6.07) is 2.32. The van der Waals surface area contributed by atoms with Gasteiger partial charge in [0, 0.05) is 24.0 Å². The average molecular weight is 310 g/mol. The number of carbonyl (C=O) groups excluding carboxylic acids is 1. The molecule has 1 saturated heterocycles. The van der Waals surface area contributed by atoms with Crippen molar-refractivity contribution >= 4 is 29.0 Å². The lowest BCUT2D eigenvalue weighted by Gasteiger charge is -2.37. The standard InChI is InChI=1S/C15H22N2OS2/c1-10(16)11-3-2-6-17(9-11)15(18)14-12-4-7-19-13(12)5-8-20-14/h4,7,10-11,14H,2-3,5-6,8-9,16H2,1H3. The second kappa shape index (κ2) is 6.08. The van der Waals surface area contributed by atoms with Crippen molar-refractivity contribution < 1.29 is 4.79 Å². The molecule has 1 aromatic rings. The first-order chi connectivity index (χ1) is 9.66. The van der Waals surface area contributed by atoms with E-state index >= 15 is 0 Å². The summed E-state index contributed by atoms with van der Waals surface area (Å²) in [5.74, 6) is 1.83.